The molecule has 0 aromatic heterocycles. The maximum absolute atomic E-state index is 12.9. The molecule has 0 radical (unpaired) electrons. The number of esters is 1. The predicted molar refractivity (Wildman–Crippen MR) is 134 cm³/mol. The minimum absolute atomic E-state index is 0.0480. The summed E-state index contributed by atoms with van der Waals surface area (Å²) in [7, 11) is 1.63. The maximum Gasteiger partial charge on any atom is 0.338 e. The lowest BCUT2D eigenvalue weighted by molar-refractivity contribution is -0.0862. The molecule has 0 aliphatic carbocycles. The molecule has 0 saturated carbocycles. The standard InChI is InChI=1S/C28H30O5S/c1-20-13-15-23(16-14-20)27(29)33-26-25(32-18-22-11-7-4-8-12-22)24(34-28(26)30-2)19-31-17-21-9-5-3-6-10-21/h3-16,24-26,28H,17-19H2,1-2H3/t24-,25-,26+,28-/m1/s1. The molecule has 1 saturated heterocycles. The molecule has 0 spiro atoms. The van der Waals surface area contributed by atoms with Crippen molar-refractivity contribution in [2.24, 2.45) is 0 Å². The summed E-state index contributed by atoms with van der Waals surface area (Å²) in [5.41, 5.74) is 3.41. The van der Waals surface area contributed by atoms with E-state index in [-0.39, 0.29) is 22.8 Å². The number of aryl methyl sites for hydroxylation is 1. The summed E-state index contributed by atoms with van der Waals surface area (Å²) < 4.78 is 24.1. The van der Waals surface area contributed by atoms with Gasteiger partial charge in [0.25, 0.3) is 0 Å². The van der Waals surface area contributed by atoms with E-state index in [0.29, 0.717) is 25.4 Å². The van der Waals surface area contributed by atoms with E-state index in [4.69, 9.17) is 18.9 Å². The monoisotopic (exact) mass is 478 g/mol. The number of carbonyl (C=O) groups is 1. The second kappa shape index (κ2) is 12.2. The summed E-state index contributed by atoms with van der Waals surface area (Å²) in [5.74, 6) is -0.383. The number of thioether (sulfide) groups is 1. The van der Waals surface area contributed by atoms with Crippen LogP contribution in [0.3, 0.4) is 0 Å². The topological polar surface area (TPSA) is 54.0 Å². The van der Waals surface area contributed by atoms with E-state index in [9.17, 15) is 4.79 Å². The van der Waals surface area contributed by atoms with E-state index < -0.39 is 6.10 Å². The van der Waals surface area contributed by atoms with Crippen molar-refractivity contribution in [3.05, 3.63) is 107 Å². The summed E-state index contributed by atoms with van der Waals surface area (Å²) in [4.78, 5) is 12.9. The van der Waals surface area contributed by atoms with Crippen LogP contribution in [-0.4, -0.2) is 42.6 Å². The Kier molecular flexibility index (Phi) is 8.77. The average Bonchev–Trinajstić information content (AvgIpc) is 3.20. The highest BCUT2D eigenvalue weighted by Gasteiger charge is 2.48. The van der Waals surface area contributed by atoms with Gasteiger partial charge in [-0.25, -0.2) is 4.79 Å². The third-order valence-corrected chi connectivity index (χ3v) is 7.19. The normalized spacial score (nSPS) is 21.9. The molecule has 34 heavy (non-hydrogen) atoms. The van der Waals surface area contributed by atoms with Crippen LogP contribution in [0.1, 0.15) is 27.0 Å². The first-order valence-electron chi connectivity index (χ1n) is 11.4. The van der Waals surface area contributed by atoms with Crippen molar-refractivity contribution < 1.29 is 23.7 Å². The van der Waals surface area contributed by atoms with Crippen molar-refractivity contribution in [1.82, 2.24) is 0 Å². The van der Waals surface area contributed by atoms with Crippen molar-refractivity contribution in [3.63, 3.8) is 0 Å². The van der Waals surface area contributed by atoms with E-state index in [1.54, 1.807) is 31.0 Å². The van der Waals surface area contributed by atoms with E-state index >= 15 is 0 Å². The molecule has 6 heteroatoms. The van der Waals surface area contributed by atoms with Gasteiger partial charge in [-0.1, -0.05) is 78.4 Å². The largest absolute Gasteiger partial charge is 0.452 e. The van der Waals surface area contributed by atoms with Gasteiger partial charge < -0.3 is 18.9 Å². The van der Waals surface area contributed by atoms with Crippen molar-refractivity contribution in [2.45, 2.75) is 43.0 Å². The zero-order valence-corrected chi connectivity index (χ0v) is 20.3. The first kappa shape index (κ1) is 24.5. The molecule has 1 aliphatic rings. The number of carbonyl (C=O) groups excluding carboxylic acids is 1. The number of methoxy groups -OCH3 is 1. The van der Waals surface area contributed by atoms with Crippen LogP contribution in [0.15, 0.2) is 84.9 Å². The molecule has 1 aliphatic heterocycles. The van der Waals surface area contributed by atoms with E-state index in [2.05, 4.69) is 0 Å². The van der Waals surface area contributed by atoms with Crippen LogP contribution in [0.4, 0.5) is 0 Å². The Labute approximate surface area is 205 Å². The number of rotatable bonds is 10. The zero-order valence-electron chi connectivity index (χ0n) is 19.5. The summed E-state index contributed by atoms with van der Waals surface area (Å²) in [6.45, 7) is 3.36. The third-order valence-electron chi connectivity index (χ3n) is 5.71. The Morgan fingerprint density at radius 3 is 2.06 bits per heavy atom. The van der Waals surface area contributed by atoms with Crippen molar-refractivity contribution in [2.75, 3.05) is 13.7 Å². The lowest BCUT2D eigenvalue weighted by Crippen LogP contribution is -2.40. The molecule has 0 N–H and O–H groups in total. The SMILES string of the molecule is CO[C@@H]1S[C@H](COCc2ccccc2)[C@@H](OCc2ccccc2)[C@@H]1OC(=O)c1ccc(C)cc1. The first-order valence-corrected chi connectivity index (χ1v) is 12.3. The smallest absolute Gasteiger partial charge is 0.338 e. The van der Waals surface area contributed by atoms with Crippen LogP contribution in [0.5, 0.6) is 0 Å². The maximum atomic E-state index is 12.9. The van der Waals surface area contributed by atoms with Crippen LogP contribution in [-0.2, 0) is 32.2 Å². The number of hydrogen-bond acceptors (Lipinski definition) is 6. The summed E-state index contributed by atoms with van der Waals surface area (Å²) >= 11 is 1.59. The average molecular weight is 479 g/mol. The van der Waals surface area contributed by atoms with Gasteiger partial charge in [0.15, 0.2) is 6.10 Å². The minimum atomic E-state index is -0.558. The van der Waals surface area contributed by atoms with Gasteiger partial charge >= 0.3 is 5.97 Å². The third kappa shape index (κ3) is 6.48. The Morgan fingerprint density at radius 2 is 1.44 bits per heavy atom. The first-order chi connectivity index (χ1) is 16.6. The van der Waals surface area contributed by atoms with E-state index in [1.807, 2.05) is 79.7 Å². The molecule has 3 aromatic rings. The van der Waals surface area contributed by atoms with Gasteiger partial charge in [-0.05, 0) is 30.2 Å². The Bertz CT molecular complexity index is 1030. The Balaban J connectivity index is 1.47. The van der Waals surface area contributed by atoms with Gasteiger partial charge in [-0.15, -0.1) is 11.8 Å². The van der Waals surface area contributed by atoms with Crippen molar-refractivity contribution in [3.8, 4) is 0 Å². The van der Waals surface area contributed by atoms with Gasteiger partial charge in [0.2, 0.25) is 0 Å². The fourth-order valence-electron chi connectivity index (χ4n) is 3.86. The molecule has 3 aromatic carbocycles. The van der Waals surface area contributed by atoms with E-state index in [1.165, 1.54) is 0 Å². The number of benzene rings is 3. The van der Waals surface area contributed by atoms with Gasteiger partial charge in [-0.2, -0.15) is 0 Å². The summed E-state index contributed by atoms with van der Waals surface area (Å²) in [6, 6.07) is 27.4. The second-order valence-electron chi connectivity index (χ2n) is 8.28. The van der Waals surface area contributed by atoms with Crippen LogP contribution >= 0.6 is 11.8 Å². The zero-order chi connectivity index (χ0) is 23.8. The highest BCUT2D eigenvalue weighted by atomic mass is 32.2. The second-order valence-corrected chi connectivity index (χ2v) is 9.62. The Morgan fingerprint density at radius 1 is 0.824 bits per heavy atom. The quantitative estimate of drug-likeness (QED) is 0.363. The lowest BCUT2D eigenvalue weighted by Gasteiger charge is -2.25. The molecule has 0 unspecified atom stereocenters. The summed E-state index contributed by atoms with van der Waals surface area (Å²) in [5, 5.41) is -0.0480. The lowest BCUT2D eigenvalue weighted by atomic mass is 10.1. The van der Waals surface area contributed by atoms with Gasteiger partial charge in [-0.3, -0.25) is 0 Å². The van der Waals surface area contributed by atoms with Crippen molar-refractivity contribution in [1.29, 1.82) is 0 Å². The molecule has 1 fully saturated rings. The van der Waals surface area contributed by atoms with Crippen LogP contribution in [0, 0.1) is 6.92 Å². The Hall–Kier alpha value is -2.64. The molecule has 4 rings (SSSR count). The molecule has 0 amide bonds. The fraction of sp³-hybridized carbons (Fsp3) is 0.321. The molecule has 1 heterocycles. The van der Waals surface area contributed by atoms with Crippen LogP contribution in [0.2, 0.25) is 0 Å². The number of hydrogen-bond donors (Lipinski definition) is 0. The summed E-state index contributed by atoms with van der Waals surface area (Å²) in [6.07, 6.45) is -0.932. The van der Waals surface area contributed by atoms with Gasteiger partial charge in [0.1, 0.15) is 11.5 Å². The van der Waals surface area contributed by atoms with Crippen LogP contribution in [0.25, 0.3) is 0 Å². The highest BCUT2D eigenvalue weighted by molar-refractivity contribution is 8.00. The molecule has 5 nitrogen and oxygen atoms in total. The molecular weight excluding hydrogens is 448 g/mol. The fourth-order valence-corrected chi connectivity index (χ4v) is 5.24. The highest BCUT2D eigenvalue weighted by Crippen LogP contribution is 2.39. The number of ether oxygens (including phenoxy) is 4. The van der Waals surface area contributed by atoms with E-state index in [0.717, 1.165) is 16.7 Å². The van der Waals surface area contributed by atoms with Crippen molar-refractivity contribution >= 4 is 17.7 Å². The van der Waals surface area contributed by atoms with Gasteiger partial charge in [0, 0.05) is 7.11 Å². The molecule has 178 valence electrons. The van der Waals surface area contributed by atoms with Crippen LogP contribution < -0.4 is 0 Å². The van der Waals surface area contributed by atoms with Gasteiger partial charge in [0.05, 0.1) is 30.6 Å². The predicted octanol–water partition coefficient (Wildman–Crippen LogP) is 5.41. The molecule has 4 atom stereocenters. The minimum Gasteiger partial charge on any atom is -0.452 e. The molecule has 0 bridgehead atoms. The molecular formula is C28H30O5S.